The highest BCUT2D eigenvalue weighted by Gasteiger charge is 2.31. The average Bonchev–Trinajstić information content (AvgIpc) is 3.24. The molecule has 1 fully saturated rings. The Bertz CT molecular complexity index is 1320. The van der Waals surface area contributed by atoms with Gasteiger partial charge in [-0.1, -0.05) is 54.3 Å². The number of esters is 1. The molecule has 1 aromatic heterocycles. The van der Waals surface area contributed by atoms with Gasteiger partial charge < -0.3 is 4.74 Å². The van der Waals surface area contributed by atoms with Gasteiger partial charge in [-0.05, 0) is 47.7 Å². The summed E-state index contributed by atoms with van der Waals surface area (Å²) in [5.41, 5.74) is 4.05. The van der Waals surface area contributed by atoms with Crippen molar-refractivity contribution in [3.05, 3.63) is 58.1 Å². The van der Waals surface area contributed by atoms with Crippen molar-refractivity contribution in [3.8, 4) is 0 Å². The van der Waals surface area contributed by atoms with E-state index in [1.807, 2.05) is 37.4 Å². The van der Waals surface area contributed by atoms with Crippen LogP contribution in [0.15, 0.2) is 36.4 Å². The lowest BCUT2D eigenvalue weighted by Crippen LogP contribution is -2.36. The first-order valence-electron chi connectivity index (χ1n) is 11.8. The van der Waals surface area contributed by atoms with Crippen LogP contribution in [0.3, 0.4) is 0 Å². The fourth-order valence-corrected chi connectivity index (χ4v) is 6.77. The van der Waals surface area contributed by atoms with E-state index in [1.165, 1.54) is 11.4 Å². The number of hydrogen-bond donors (Lipinski definition) is 0. The lowest BCUT2D eigenvalue weighted by Gasteiger charge is -2.27. The summed E-state index contributed by atoms with van der Waals surface area (Å²) in [6.07, 6.45) is 4.50. The van der Waals surface area contributed by atoms with Gasteiger partial charge >= 0.3 is 5.97 Å². The quantitative estimate of drug-likeness (QED) is 0.410. The first-order valence-corrected chi connectivity index (χ1v) is 13.7. The van der Waals surface area contributed by atoms with Crippen LogP contribution < -0.4 is 0 Å². The molecule has 1 atom stereocenters. The molecular formula is C25H31ClN4O4S. The fourth-order valence-electron chi connectivity index (χ4n) is 4.83. The van der Waals surface area contributed by atoms with Crippen LogP contribution in [-0.2, 0) is 33.1 Å². The number of ether oxygens (including phenoxy) is 1. The maximum absolute atomic E-state index is 13.2. The second-order valence-electron chi connectivity index (χ2n) is 9.21. The molecule has 1 saturated carbocycles. The van der Waals surface area contributed by atoms with Gasteiger partial charge in [-0.15, -0.1) is 5.10 Å². The third kappa shape index (κ3) is 5.52. The fraction of sp³-hybridized carbons (Fsp3) is 0.480. The van der Waals surface area contributed by atoms with Gasteiger partial charge in [-0.3, -0.25) is 4.79 Å². The van der Waals surface area contributed by atoms with Crippen molar-refractivity contribution < 1.29 is 17.9 Å². The average molecular weight is 519 g/mol. The number of carbonyl (C=O) groups excluding carboxylic acids is 1. The normalized spacial score (nSPS) is 16.0. The van der Waals surface area contributed by atoms with Crippen molar-refractivity contribution in [1.29, 1.82) is 0 Å². The second-order valence-corrected chi connectivity index (χ2v) is 11.9. The van der Waals surface area contributed by atoms with Gasteiger partial charge in [0.1, 0.15) is 5.52 Å². The summed E-state index contributed by atoms with van der Waals surface area (Å²) < 4.78 is 34.4. The number of rotatable bonds is 8. The molecule has 0 bridgehead atoms. The van der Waals surface area contributed by atoms with Crippen LogP contribution in [0.1, 0.15) is 61.1 Å². The molecule has 35 heavy (non-hydrogen) atoms. The van der Waals surface area contributed by atoms with Crippen molar-refractivity contribution in [1.82, 2.24) is 19.3 Å². The van der Waals surface area contributed by atoms with E-state index in [0.29, 0.717) is 23.4 Å². The van der Waals surface area contributed by atoms with Gasteiger partial charge in [0.15, 0.2) is 0 Å². The second kappa shape index (κ2) is 10.6. The molecule has 8 nitrogen and oxygen atoms in total. The number of aromatic nitrogens is 3. The van der Waals surface area contributed by atoms with Crippen LogP contribution >= 0.6 is 11.6 Å². The topological polar surface area (TPSA) is 94.4 Å². The molecular weight excluding hydrogens is 488 g/mol. The predicted octanol–water partition coefficient (Wildman–Crippen LogP) is 4.41. The van der Waals surface area contributed by atoms with E-state index in [4.69, 9.17) is 16.3 Å². The zero-order valence-electron chi connectivity index (χ0n) is 20.3. The monoisotopic (exact) mass is 518 g/mol. The number of hydrogen-bond acceptors (Lipinski definition) is 6. The number of sulfonamides is 1. The summed E-state index contributed by atoms with van der Waals surface area (Å²) in [4.78, 5) is 12.3. The summed E-state index contributed by atoms with van der Waals surface area (Å²) in [5, 5.41) is 8.41. The summed E-state index contributed by atoms with van der Waals surface area (Å²) in [7, 11) is 1.38. The third-order valence-corrected chi connectivity index (χ3v) is 9.59. The first-order chi connectivity index (χ1) is 16.7. The summed E-state index contributed by atoms with van der Waals surface area (Å²) in [6.45, 7) is 0.166. The summed E-state index contributed by atoms with van der Waals surface area (Å²) in [6, 6.07) is 11.3. The SMILES string of the molecule is COC(=O)CC(c1ccc(Cl)c(CN(C)S(=O)(=O)C2CCCCC2)c1)c1ccc2c(c1)nnn2C. The van der Waals surface area contributed by atoms with Crippen molar-refractivity contribution >= 4 is 38.6 Å². The van der Waals surface area contributed by atoms with Crippen molar-refractivity contribution in [3.63, 3.8) is 0 Å². The van der Waals surface area contributed by atoms with Gasteiger partial charge in [0.25, 0.3) is 0 Å². The number of benzene rings is 2. The van der Waals surface area contributed by atoms with E-state index in [1.54, 1.807) is 17.8 Å². The van der Waals surface area contributed by atoms with E-state index in [9.17, 15) is 13.2 Å². The molecule has 0 aliphatic heterocycles. The molecule has 1 heterocycles. The van der Waals surface area contributed by atoms with Crippen molar-refractivity contribution in [2.75, 3.05) is 14.2 Å². The maximum atomic E-state index is 13.2. The number of aryl methyl sites for hydroxylation is 1. The largest absolute Gasteiger partial charge is 0.469 e. The van der Waals surface area contributed by atoms with Crippen LogP contribution in [0.5, 0.6) is 0 Å². The Kier molecular flexibility index (Phi) is 7.78. The summed E-state index contributed by atoms with van der Waals surface area (Å²) >= 11 is 6.51. The highest BCUT2D eigenvalue weighted by Crippen LogP contribution is 2.33. The molecule has 0 spiro atoms. The Hall–Kier alpha value is -2.49. The molecule has 3 aromatic rings. The Morgan fingerprint density at radius 2 is 1.86 bits per heavy atom. The molecule has 0 N–H and O–H groups in total. The van der Waals surface area contributed by atoms with E-state index >= 15 is 0 Å². The van der Waals surface area contributed by atoms with Gasteiger partial charge in [0.05, 0.1) is 24.3 Å². The van der Waals surface area contributed by atoms with Gasteiger partial charge in [-0.2, -0.15) is 0 Å². The number of nitrogens with zero attached hydrogens (tertiary/aromatic N) is 4. The minimum atomic E-state index is -3.42. The number of methoxy groups -OCH3 is 1. The van der Waals surface area contributed by atoms with Crippen LogP contribution in [0, 0.1) is 0 Å². The molecule has 2 aromatic carbocycles. The lowest BCUT2D eigenvalue weighted by molar-refractivity contribution is -0.140. The van der Waals surface area contributed by atoms with Gasteiger partial charge in [0, 0.05) is 31.6 Å². The van der Waals surface area contributed by atoms with Crippen molar-refractivity contribution in [2.45, 2.75) is 56.2 Å². The Labute approximate surface area is 211 Å². The van der Waals surface area contributed by atoms with Gasteiger partial charge in [-0.25, -0.2) is 17.4 Å². The van der Waals surface area contributed by atoms with Gasteiger partial charge in [0.2, 0.25) is 10.0 Å². The molecule has 0 saturated heterocycles. The van der Waals surface area contributed by atoms with Crippen LogP contribution in [-0.4, -0.2) is 53.1 Å². The van der Waals surface area contributed by atoms with Crippen LogP contribution in [0.2, 0.25) is 5.02 Å². The standard InChI is InChI=1S/C25H31ClN4O4S/c1-29(35(32,33)20-7-5-4-6-8-20)16-19-13-17(9-11-22(19)26)21(15-25(31)34-3)18-10-12-24-23(14-18)27-28-30(24)2/h9-14,20-21H,4-8,15-16H2,1-3H3. The molecule has 4 rings (SSSR count). The molecule has 188 valence electrons. The van der Waals surface area contributed by atoms with Crippen LogP contribution in [0.25, 0.3) is 11.0 Å². The van der Waals surface area contributed by atoms with E-state index in [0.717, 1.165) is 41.4 Å². The number of carbonyl (C=O) groups is 1. The molecule has 1 unspecified atom stereocenters. The smallest absolute Gasteiger partial charge is 0.306 e. The third-order valence-electron chi connectivity index (χ3n) is 6.91. The molecule has 1 aliphatic rings. The Morgan fingerprint density at radius 1 is 1.17 bits per heavy atom. The minimum Gasteiger partial charge on any atom is -0.469 e. The molecule has 0 radical (unpaired) electrons. The zero-order chi connectivity index (χ0) is 25.2. The Balaban J connectivity index is 1.66. The zero-order valence-corrected chi connectivity index (χ0v) is 21.8. The first kappa shape index (κ1) is 25.6. The van der Waals surface area contributed by atoms with Crippen molar-refractivity contribution in [2.24, 2.45) is 7.05 Å². The number of halogens is 1. The minimum absolute atomic E-state index is 0.125. The molecule has 10 heteroatoms. The Morgan fingerprint density at radius 3 is 2.57 bits per heavy atom. The molecule has 0 amide bonds. The predicted molar refractivity (Wildman–Crippen MR) is 136 cm³/mol. The highest BCUT2D eigenvalue weighted by molar-refractivity contribution is 7.89. The summed E-state index contributed by atoms with van der Waals surface area (Å²) in [5.74, 6) is -0.659. The lowest BCUT2D eigenvalue weighted by atomic mass is 9.87. The van der Waals surface area contributed by atoms with E-state index < -0.39 is 10.0 Å². The van der Waals surface area contributed by atoms with E-state index in [2.05, 4.69) is 10.3 Å². The maximum Gasteiger partial charge on any atom is 0.306 e. The number of fused-ring (bicyclic) bond motifs is 1. The highest BCUT2D eigenvalue weighted by atomic mass is 35.5. The molecule has 1 aliphatic carbocycles. The van der Waals surface area contributed by atoms with Crippen LogP contribution in [0.4, 0.5) is 0 Å². The van der Waals surface area contributed by atoms with E-state index in [-0.39, 0.29) is 30.1 Å².